The molecule has 5 heteroatoms. The topological polar surface area (TPSA) is 54.0 Å². The molecular weight excluding hydrogens is 322 g/mol. The number of amides is 1. The fourth-order valence-corrected chi connectivity index (χ4v) is 3.17. The summed E-state index contributed by atoms with van der Waals surface area (Å²) in [7, 11) is 0. The number of hydrogen-bond donors (Lipinski definition) is 2. The molecule has 1 amide bonds. The largest absolute Gasteiger partial charge is 0.347 e. The highest BCUT2D eigenvalue weighted by Crippen LogP contribution is 2.20. The summed E-state index contributed by atoms with van der Waals surface area (Å²) in [6.07, 6.45) is 4.25. The van der Waals surface area contributed by atoms with Gasteiger partial charge in [0, 0.05) is 17.1 Å². The number of hydrogen-bond acceptors (Lipinski definition) is 3. The molecular formula is C19H22ClN3O. The number of benzene rings is 1. The third kappa shape index (κ3) is 4.56. The van der Waals surface area contributed by atoms with Crippen LogP contribution >= 0.6 is 11.6 Å². The van der Waals surface area contributed by atoms with Gasteiger partial charge in [-0.2, -0.15) is 0 Å². The van der Waals surface area contributed by atoms with Gasteiger partial charge in [0.15, 0.2) is 0 Å². The highest BCUT2D eigenvalue weighted by atomic mass is 35.5. The van der Waals surface area contributed by atoms with Crippen LogP contribution in [0.25, 0.3) is 0 Å². The van der Waals surface area contributed by atoms with E-state index in [1.807, 2.05) is 42.5 Å². The third-order valence-electron chi connectivity index (χ3n) is 4.42. The Balaban J connectivity index is 1.74. The summed E-state index contributed by atoms with van der Waals surface area (Å²) in [5, 5.41) is 7.21. The van der Waals surface area contributed by atoms with Gasteiger partial charge in [0.2, 0.25) is 5.91 Å². The number of nitrogens with zero attached hydrogens (tertiary/aromatic N) is 1. The van der Waals surface area contributed by atoms with Gasteiger partial charge in [-0.1, -0.05) is 29.8 Å². The van der Waals surface area contributed by atoms with Crippen molar-refractivity contribution in [3.05, 3.63) is 64.9 Å². The molecule has 4 nitrogen and oxygen atoms in total. The molecule has 1 aliphatic rings. The molecule has 0 radical (unpaired) electrons. The van der Waals surface area contributed by atoms with Crippen LogP contribution in [-0.2, 0) is 11.2 Å². The molecule has 3 rings (SSSR count). The summed E-state index contributed by atoms with van der Waals surface area (Å²) in [6, 6.07) is 13.4. The second kappa shape index (κ2) is 8.27. The molecule has 126 valence electrons. The Bertz CT molecular complexity index is 654. The van der Waals surface area contributed by atoms with E-state index in [0.717, 1.165) is 37.2 Å². The zero-order valence-corrected chi connectivity index (χ0v) is 14.3. The van der Waals surface area contributed by atoms with Crippen LogP contribution in [-0.4, -0.2) is 24.0 Å². The van der Waals surface area contributed by atoms with Gasteiger partial charge < -0.3 is 10.6 Å². The standard InChI is InChI=1S/C19H22ClN3O/c20-16-6-4-14(5-7-16)13-18(17-3-1-2-10-22-17)23-19(24)15-8-11-21-12-9-15/h1-7,10,15,18,21H,8-9,11-13H2,(H,23,24). The minimum atomic E-state index is -0.130. The predicted molar refractivity (Wildman–Crippen MR) is 95.9 cm³/mol. The maximum atomic E-state index is 12.6. The van der Waals surface area contributed by atoms with Crippen molar-refractivity contribution in [2.75, 3.05) is 13.1 Å². The van der Waals surface area contributed by atoms with E-state index >= 15 is 0 Å². The first-order valence-corrected chi connectivity index (χ1v) is 8.76. The molecule has 0 bridgehead atoms. The van der Waals surface area contributed by atoms with E-state index in [1.165, 1.54) is 0 Å². The molecule has 1 fully saturated rings. The van der Waals surface area contributed by atoms with Crippen LogP contribution in [0, 0.1) is 5.92 Å². The average molecular weight is 344 g/mol. The fraction of sp³-hybridized carbons (Fsp3) is 0.368. The number of piperidine rings is 1. The number of pyridine rings is 1. The van der Waals surface area contributed by atoms with E-state index in [-0.39, 0.29) is 17.9 Å². The lowest BCUT2D eigenvalue weighted by molar-refractivity contribution is -0.126. The number of rotatable bonds is 5. The summed E-state index contributed by atoms with van der Waals surface area (Å²) in [6.45, 7) is 1.81. The Morgan fingerprint density at radius 2 is 1.96 bits per heavy atom. The zero-order chi connectivity index (χ0) is 16.8. The number of carbonyl (C=O) groups excluding carboxylic acids is 1. The van der Waals surface area contributed by atoms with Gasteiger partial charge in [0.25, 0.3) is 0 Å². The summed E-state index contributed by atoms with van der Waals surface area (Å²) >= 11 is 5.96. The monoisotopic (exact) mass is 343 g/mol. The molecule has 1 aromatic heterocycles. The van der Waals surface area contributed by atoms with Crippen LogP contribution in [0.3, 0.4) is 0 Å². The van der Waals surface area contributed by atoms with Gasteiger partial charge in [-0.05, 0) is 62.2 Å². The normalized spacial score (nSPS) is 16.5. The second-order valence-electron chi connectivity index (χ2n) is 6.17. The van der Waals surface area contributed by atoms with Crippen LogP contribution in [0.2, 0.25) is 5.02 Å². The predicted octanol–water partition coefficient (Wildman–Crippen LogP) is 3.13. The van der Waals surface area contributed by atoms with Crippen LogP contribution in [0.15, 0.2) is 48.7 Å². The lowest BCUT2D eigenvalue weighted by atomic mass is 9.95. The van der Waals surface area contributed by atoms with Gasteiger partial charge in [-0.3, -0.25) is 9.78 Å². The number of carbonyl (C=O) groups is 1. The smallest absolute Gasteiger partial charge is 0.223 e. The van der Waals surface area contributed by atoms with Crippen LogP contribution in [0.5, 0.6) is 0 Å². The van der Waals surface area contributed by atoms with Gasteiger partial charge in [0.05, 0.1) is 11.7 Å². The Kier molecular flexibility index (Phi) is 5.83. The minimum Gasteiger partial charge on any atom is -0.347 e. The van der Waals surface area contributed by atoms with Crippen molar-refractivity contribution >= 4 is 17.5 Å². The first-order chi connectivity index (χ1) is 11.7. The fourth-order valence-electron chi connectivity index (χ4n) is 3.04. The zero-order valence-electron chi connectivity index (χ0n) is 13.5. The van der Waals surface area contributed by atoms with Crippen molar-refractivity contribution in [1.82, 2.24) is 15.6 Å². The van der Waals surface area contributed by atoms with E-state index in [4.69, 9.17) is 11.6 Å². The summed E-state index contributed by atoms with van der Waals surface area (Å²) in [4.78, 5) is 17.1. The molecule has 1 aromatic carbocycles. The number of nitrogens with one attached hydrogen (secondary N) is 2. The van der Waals surface area contributed by atoms with Gasteiger partial charge in [-0.15, -0.1) is 0 Å². The molecule has 24 heavy (non-hydrogen) atoms. The molecule has 0 saturated carbocycles. The maximum absolute atomic E-state index is 12.6. The van der Waals surface area contributed by atoms with Crippen molar-refractivity contribution < 1.29 is 4.79 Å². The molecule has 2 N–H and O–H groups in total. The average Bonchev–Trinajstić information content (AvgIpc) is 2.64. The van der Waals surface area contributed by atoms with Gasteiger partial charge >= 0.3 is 0 Å². The van der Waals surface area contributed by atoms with Crippen LogP contribution < -0.4 is 10.6 Å². The first kappa shape index (κ1) is 16.9. The second-order valence-corrected chi connectivity index (χ2v) is 6.61. The van der Waals surface area contributed by atoms with Crippen molar-refractivity contribution in [3.8, 4) is 0 Å². The Labute approximate surface area is 147 Å². The van der Waals surface area contributed by atoms with Crippen LogP contribution in [0.4, 0.5) is 0 Å². The van der Waals surface area contributed by atoms with E-state index in [2.05, 4.69) is 15.6 Å². The summed E-state index contributed by atoms with van der Waals surface area (Å²) in [5.74, 6) is 0.212. The molecule has 2 heterocycles. The van der Waals surface area contributed by atoms with E-state index in [0.29, 0.717) is 11.4 Å². The van der Waals surface area contributed by atoms with Crippen LogP contribution in [0.1, 0.15) is 30.1 Å². The molecule has 1 saturated heterocycles. The Morgan fingerprint density at radius 1 is 1.21 bits per heavy atom. The molecule has 1 unspecified atom stereocenters. The minimum absolute atomic E-state index is 0.0858. The summed E-state index contributed by atoms with van der Waals surface area (Å²) < 4.78 is 0. The molecule has 0 spiro atoms. The molecule has 0 aliphatic carbocycles. The van der Waals surface area contributed by atoms with Gasteiger partial charge in [-0.25, -0.2) is 0 Å². The van der Waals surface area contributed by atoms with Crippen molar-refractivity contribution in [2.24, 2.45) is 5.92 Å². The Hall–Kier alpha value is -1.91. The number of halogens is 1. The summed E-state index contributed by atoms with van der Waals surface area (Å²) in [5.41, 5.74) is 2.01. The van der Waals surface area contributed by atoms with Crippen molar-refractivity contribution in [2.45, 2.75) is 25.3 Å². The highest BCUT2D eigenvalue weighted by molar-refractivity contribution is 6.30. The Morgan fingerprint density at radius 3 is 2.62 bits per heavy atom. The lowest BCUT2D eigenvalue weighted by Crippen LogP contribution is -2.40. The van der Waals surface area contributed by atoms with E-state index in [1.54, 1.807) is 6.20 Å². The highest BCUT2D eigenvalue weighted by Gasteiger charge is 2.24. The van der Waals surface area contributed by atoms with Crippen molar-refractivity contribution in [3.63, 3.8) is 0 Å². The first-order valence-electron chi connectivity index (χ1n) is 8.39. The third-order valence-corrected chi connectivity index (χ3v) is 4.68. The molecule has 1 aliphatic heterocycles. The molecule has 1 atom stereocenters. The van der Waals surface area contributed by atoms with Crippen molar-refractivity contribution in [1.29, 1.82) is 0 Å². The lowest BCUT2D eigenvalue weighted by Gasteiger charge is -2.25. The SMILES string of the molecule is O=C(NC(Cc1ccc(Cl)cc1)c1ccccn1)C1CCNCC1. The quantitative estimate of drug-likeness (QED) is 0.877. The van der Waals surface area contributed by atoms with E-state index < -0.39 is 0 Å². The molecule has 2 aromatic rings. The van der Waals surface area contributed by atoms with E-state index in [9.17, 15) is 4.79 Å². The number of aromatic nitrogens is 1. The van der Waals surface area contributed by atoms with Gasteiger partial charge in [0.1, 0.15) is 0 Å². The maximum Gasteiger partial charge on any atom is 0.223 e.